The maximum Gasteiger partial charge on any atom is 0.154 e. The lowest BCUT2D eigenvalue weighted by Gasteiger charge is -2.23. The quantitative estimate of drug-likeness (QED) is 0.260. The van der Waals surface area contributed by atoms with Gasteiger partial charge in [0.05, 0.1) is 11.4 Å². The second-order valence-corrected chi connectivity index (χ2v) is 8.18. The highest BCUT2D eigenvalue weighted by molar-refractivity contribution is 5.83. The Bertz CT molecular complexity index is 1430. The molecule has 5 aromatic rings. The Morgan fingerprint density at radius 1 is 0.471 bits per heavy atom. The summed E-state index contributed by atoms with van der Waals surface area (Å²) in [7, 11) is 1.69. The molecule has 0 atom stereocenters. The van der Waals surface area contributed by atoms with Crippen molar-refractivity contribution in [1.82, 2.24) is 0 Å². The lowest BCUT2D eigenvalue weighted by atomic mass is 9.94. The molecule has 0 aromatic heterocycles. The van der Waals surface area contributed by atoms with Gasteiger partial charge in [-0.15, -0.1) is 0 Å². The standard InChI is InChI=1S/C31H23F2N/c1-34(29-18-9-8-17-28(29)32)30-21-26(23-13-6-3-7-14-23)20-27(31(30)33)25-16-10-15-24(19-25)22-11-4-2-5-12-22/h2-21H,1H3. The first-order chi connectivity index (χ1) is 16.6. The summed E-state index contributed by atoms with van der Waals surface area (Å²) < 4.78 is 30.7. The minimum Gasteiger partial charge on any atom is -0.340 e. The molecular formula is C31H23F2N. The molecule has 0 bridgehead atoms. The van der Waals surface area contributed by atoms with Crippen LogP contribution < -0.4 is 4.90 Å². The Morgan fingerprint density at radius 3 is 1.71 bits per heavy atom. The average molecular weight is 448 g/mol. The fraction of sp³-hybridized carbons (Fsp3) is 0.0323. The summed E-state index contributed by atoms with van der Waals surface area (Å²) in [5.41, 5.74) is 5.75. The SMILES string of the molecule is CN(c1ccccc1F)c1cc(-c2ccccc2)cc(-c2cccc(-c3ccccc3)c2)c1F. The largest absolute Gasteiger partial charge is 0.340 e. The van der Waals surface area contributed by atoms with Crippen molar-refractivity contribution in [3.05, 3.63) is 133 Å². The van der Waals surface area contributed by atoms with Gasteiger partial charge in [0.15, 0.2) is 5.82 Å². The number of hydrogen-bond acceptors (Lipinski definition) is 1. The molecule has 0 aliphatic carbocycles. The van der Waals surface area contributed by atoms with Crippen LogP contribution in [0.25, 0.3) is 33.4 Å². The van der Waals surface area contributed by atoms with Gasteiger partial charge in [-0.25, -0.2) is 8.78 Å². The Hall–Kier alpha value is -4.24. The molecule has 0 saturated heterocycles. The van der Waals surface area contributed by atoms with Crippen molar-refractivity contribution in [3.8, 4) is 33.4 Å². The number of benzene rings is 5. The number of rotatable bonds is 5. The smallest absolute Gasteiger partial charge is 0.154 e. The first kappa shape index (κ1) is 21.6. The van der Waals surface area contributed by atoms with Gasteiger partial charge in [0.2, 0.25) is 0 Å². The van der Waals surface area contributed by atoms with E-state index in [-0.39, 0.29) is 0 Å². The third-order valence-electron chi connectivity index (χ3n) is 6.02. The summed E-state index contributed by atoms with van der Waals surface area (Å²) in [6.45, 7) is 0. The third-order valence-corrected chi connectivity index (χ3v) is 6.02. The molecule has 0 aliphatic heterocycles. The predicted octanol–water partition coefficient (Wildman–Crippen LogP) is 8.73. The second kappa shape index (κ2) is 9.32. The number of anilines is 2. The minimum absolute atomic E-state index is 0.312. The Labute approximate surface area is 198 Å². The van der Waals surface area contributed by atoms with E-state index in [4.69, 9.17) is 0 Å². The van der Waals surface area contributed by atoms with Crippen LogP contribution in [0.1, 0.15) is 0 Å². The maximum atomic E-state index is 16.1. The summed E-state index contributed by atoms with van der Waals surface area (Å²) in [6, 6.07) is 37.8. The monoisotopic (exact) mass is 447 g/mol. The van der Waals surface area contributed by atoms with Gasteiger partial charge in [0, 0.05) is 12.6 Å². The Balaban J connectivity index is 1.70. The zero-order chi connectivity index (χ0) is 23.5. The third kappa shape index (κ3) is 4.20. The Kier molecular flexibility index (Phi) is 5.92. The van der Waals surface area contributed by atoms with Gasteiger partial charge in [-0.1, -0.05) is 91.0 Å². The normalized spacial score (nSPS) is 10.8. The number of halogens is 2. The highest BCUT2D eigenvalue weighted by Crippen LogP contribution is 2.39. The van der Waals surface area contributed by atoms with Crippen LogP contribution in [-0.2, 0) is 0 Å². The molecule has 5 aromatic carbocycles. The van der Waals surface area contributed by atoms with Crippen molar-refractivity contribution in [2.45, 2.75) is 0 Å². The van der Waals surface area contributed by atoms with Gasteiger partial charge in [0.25, 0.3) is 0 Å². The fourth-order valence-electron chi connectivity index (χ4n) is 4.21. The van der Waals surface area contributed by atoms with Crippen molar-refractivity contribution in [1.29, 1.82) is 0 Å². The summed E-state index contributed by atoms with van der Waals surface area (Å²) in [5, 5.41) is 0. The van der Waals surface area contributed by atoms with Crippen molar-refractivity contribution in [2.75, 3.05) is 11.9 Å². The van der Waals surface area contributed by atoms with Crippen molar-refractivity contribution < 1.29 is 8.78 Å². The van der Waals surface area contributed by atoms with Crippen LogP contribution in [0.2, 0.25) is 0 Å². The summed E-state index contributed by atoms with van der Waals surface area (Å²) >= 11 is 0. The first-order valence-corrected chi connectivity index (χ1v) is 11.1. The van der Waals surface area contributed by atoms with Gasteiger partial charge >= 0.3 is 0 Å². The Morgan fingerprint density at radius 2 is 1.03 bits per heavy atom. The predicted molar refractivity (Wildman–Crippen MR) is 137 cm³/mol. The topological polar surface area (TPSA) is 3.24 Å². The van der Waals surface area contributed by atoms with Crippen LogP contribution in [0, 0.1) is 11.6 Å². The van der Waals surface area contributed by atoms with E-state index in [1.54, 1.807) is 36.2 Å². The van der Waals surface area contributed by atoms with E-state index in [1.165, 1.54) is 6.07 Å². The summed E-state index contributed by atoms with van der Waals surface area (Å²) in [6.07, 6.45) is 0. The van der Waals surface area contributed by atoms with Gasteiger partial charge in [-0.2, -0.15) is 0 Å². The van der Waals surface area contributed by atoms with E-state index >= 15 is 4.39 Å². The van der Waals surface area contributed by atoms with Crippen molar-refractivity contribution in [2.24, 2.45) is 0 Å². The lowest BCUT2D eigenvalue weighted by molar-refractivity contribution is 0.619. The van der Waals surface area contributed by atoms with Crippen LogP contribution in [0.15, 0.2) is 121 Å². The number of hydrogen-bond donors (Lipinski definition) is 0. The van der Waals surface area contributed by atoms with E-state index in [2.05, 4.69) is 0 Å². The van der Waals surface area contributed by atoms with E-state index in [0.717, 1.165) is 27.8 Å². The molecule has 0 unspecified atom stereocenters. The van der Waals surface area contributed by atoms with E-state index in [1.807, 2.05) is 91.0 Å². The van der Waals surface area contributed by atoms with Crippen LogP contribution in [0.3, 0.4) is 0 Å². The molecule has 0 N–H and O–H groups in total. The second-order valence-electron chi connectivity index (χ2n) is 8.18. The van der Waals surface area contributed by atoms with E-state index in [0.29, 0.717) is 16.9 Å². The van der Waals surface area contributed by atoms with E-state index in [9.17, 15) is 4.39 Å². The number of nitrogens with zero attached hydrogens (tertiary/aromatic N) is 1. The molecule has 1 nitrogen and oxygen atoms in total. The molecule has 166 valence electrons. The summed E-state index contributed by atoms with van der Waals surface area (Å²) in [5.74, 6) is -0.794. The molecular weight excluding hydrogens is 424 g/mol. The summed E-state index contributed by atoms with van der Waals surface area (Å²) in [4.78, 5) is 1.57. The molecule has 3 heteroatoms. The van der Waals surface area contributed by atoms with Gasteiger partial charge in [-0.3, -0.25) is 0 Å². The van der Waals surface area contributed by atoms with Crippen molar-refractivity contribution >= 4 is 11.4 Å². The molecule has 0 heterocycles. The highest BCUT2D eigenvalue weighted by Gasteiger charge is 2.19. The van der Waals surface area contributed by atoms with Crippen LogP contribution in [0.4, 0.5) is 20.2 Å². The molecule has 0 spiro atoms. The molecule has 5 rings (SSSR count). The average Bonchev–Trinajstić information content (AvgIpc) is 2.90. The van der Waals surface area contributed by atoms with Crippen LogP contribution in [0.5, 0.6) is 0 Å². The first-order valence-electron chi connectivity index (χ1n) is 11.1. The molecule has 0 saturated carbocycles. The fourth-order valence-corrected chi connectivity index (χ4v) is 4.21. The van der Waals surface area contributed by atoms with Crippen LogP contribution in [-0.4, -0.2) is 7.05 Å². The van der Waals surface area contributed by atoms with Gasteiger partial charge in [-0.05, 0) is 58.1 Å². The molecule has 0 fully saturated rings. The molecule has 0 amide bonds. The molecule has 0 radical (unpaired) electrons. The molecule has 0 aliphatic rings. The highest BCUT2D eigenvalue weighted by atomic mass is 19.1. The zero-order valence-electron chi connectivity index (χ0n) is 18.8. The van der Waals surface area contributed by atoms with Gasteiger partial charge < -0.3 is 4.90 Å². The zero-order valence-corrected chi connectivity index (χ0v) is 18.8. The number of para-hydroxylation sites is 1. The van der Waals surface area contributed by atoms with Gasteiger partial charge in [0.1, 0.15) is 5.82 Å². The van der Waals surface area contributed by atoms with Crippen LogP contribution >= 0.6 is 0 Å². The lowest BCUT2D eigenvalue weighted by Crippen LogP contribution is -2.13. The maximum absolute atomic E-state index is 16.1. The minimum atomic E-state index is -0.401. The molecule has 34 heavy (non-hydrogen) atoms. The van der Waals surface area contributed by atoms with E-state index < -0.39 is 11.6 Å². The van der Waals surface area contributed by atoms with Crippen molar-refractivity contribution in [3.63, 3.8) is 0 Å².